The molecule has 3 atom stereocenters. The van der Waals surface area contributed by atoms with Crippen LogP contribution in [0, 0.1) is 11.8 Å². The van der Waals surface area contributed by atoms with Crippen LogP contribution in [0.15, 0.2) is 36.4 Å². The maximum absolute atomic E-state index is 12.7. The first-order valence-corrected chi connectivity index (χ1v) is 9.82. The molecule has 2 saturated heterocycles. The molecule has 1 aromatic carbocycles. The normalized spacial score (nSPS) is 25.6. The zero-order valence-electron chi connectivity index (χ0n) is 16.0. The minimum atomic E-state index is -0.829. The van der Waals surface area contributed by atoms with Gasteiger partial charge < -0.3 is 15.0 Å². The van der Waals surface area contributed by atoms with Crippen LogP contribution >= 0.6 is 0 Å². The van der Waals surface area contributed by atoms with E-state index in [-0.39, 0.29) is 29.6 Å². The summed E-state index contributed by atoms with van der Waals surface area (Å²) in [6.45, 7) is 4.73. The Kier molecular flexibility index (Phi) is 5.17. The molecule has 148 valence electrons. The van der Waals surface area contributed by atoms with Gasteiger partial charge in [-0.2, -0.15) is 0 Å². The van der Waals surface area contributed by atoms with Gasteiger partial charge in [-0.05, 0) is 44.0 Å². The van der Waals surface area contributed by atoms with Crippen LogP contribution in [0.2, 0.25) is 0 Å². The third-order valence-electron chi connectivity index (χ3n) is 5.82. The van der Waals surface area contributed by atoms with E-state index in [1.54, 1.807) is 6.92 Å². The first-order valence-electron chi connectivity index (χ1n) is 9.82. The van der Waals surface area contributed by atoms with Gasteiger partial charge in [0.1, 0.15) is 6.04 Å². The maximum Gasteiger partial charge on any atom is 0.247 e. The molecule has 1 aliphatic carbocycles. The van der Waals surface area contributed by atoms with E-state index in [0.717, 1.165) is 23.7 Å². The average molecular weight is 383 g/mol. The molecule has 0 spiro atoms. The standard InChI is InChI=1S/C21H25N3O4/c1-14(24-20(26)17-4-2-3-5-18(17)21(24)27)19(25)22-15-6-8-16(9-7-15)23-10-12-28-13-11-23/h2-3,6-9,14,17-18H,4-5,10-13H2,1H3,(H,22,25)/t14-,17-,18-/m0/s1. The topological polar surface area (TPSA) is 79.0 Å². The van der Waals surface area contributed by atoms with Crippen LogP contribution in [0.5, 0.6) is 0 Å². The third kappa shape index (κ3) is 3.42. The fraction of sp³-hybridized carbons (Fsp3) is 0.476. The molecule has 28 heavy (non-hydrogen) atoms. The number of carbonyl (C=O) groups excluding carboxylic acids is 3. The number of imide groups is 1. The Morgan fingerprint density at radius 3 is 2.18 bits per heavy atom. The molecule has 1 N–H and O–H groups in total. The second kappa shape index (κ2) is 7.75. The number of nitrogens with zero attached hydrogens (tertiary/aromatic N) is 2. The van der Waals surface area contributed by atoms with Crippen molar-refractivity contribution in [3.05, 3.63) is 36.4 Å². The van der Waals surface area contributed by atoms with Crippen molar-refractivity contribution in [3.63, 3.8) is 0 Å². The zero-order valence-corrected chi connectivity index (χ0v) is 16.0. The van der Waals surface area contributed by atoms with E-state index in [4.69, 9.17) is 4.74 Å². The minimum absolute atomic E-state index is 0.232. The number of ether oxygens (including phenoxy) is 1. The van der Waals surface area contributed by atoms with Crippen LogP contribution in [0.3, 0.4) is 0 Å². The predicted octanol–water partition coefficient (Wildman–Crippen LogP) is 1.80. The Morgan fingerprint density at radius 2 is 1.61 bits per heavy atom. The van der Waals surface area contributed by atoms with Gasteiger partial charge in [0.2, 0.25) is 17.7 Å². The Hall–Kier alpha value is -2.67. The molecule has 0 bridgehead atoms. The summed E-state index contributed by atoms with van der Waals surface area (Å²) in [5, 5.41) is 2.83. The summed E-state index contributed by atoms with van der Waals surface area (Å²) in [6.07, 6.45) is 5.03. The minimum Gasteiger partial charge on any atom is -0.378 e. The van der Waals surface area contributed by atoms with Crippen molar-refractivity contribution in [3.8, 4) is 0 Å². The molecular formula is C21H25N3O4. The van der Waals surface area contributed by atoms with Gasteiger partial charge in [-0.1, -0.05) is 12.2 Å². The molecule has 0 radical (unpaired) electrons. The second-order valence-corrected chi connectivity index (χ2v) is 7.51. The van der Waals surface area contributed by atoms with Crippen LogP contribution < -0.4 is 10.2 Å². The Labute approximate surface area is 164 Å². The van der Waals surface area contributed by atoms with E-state index >= 15 is 0 Å². The highest BCUT2D eigenvalue weighted by Crippen LogP contribution is 2.36. The lowest BCUT2D eigenvalue weighted by Gasteiger charge is -2.29. The largest absolute Gasteiger partial charge is 0.378 e. The summed E-state index contributed by atoms with van der Waals surface area (Å²) < 4.78 is 5.36. The number of morpholine rings is 1. The molecular weight excluding hydrogens is 358 g/mol. The third-order valence-corrected chi connectivity index (χ3v) is 5.82. The molecule has 3 aliphatic rings. The van der Waals surface area contributed by atoms with Crippen molar-refractivity contribution in [2.45, 2.75) is 25.8 Å². The number of benzene rings is 1. The van der Waals surface area contributed by atoms with Gasteiger partial charge in [0.25, 0.3) is 0 Å². The van der Waals surface area contributed by atoms with Gasteiger partial charge in [-0.3, -0.25) is 19.3 Å². The van der Waals surface area contributed by atoms with Crippen molar-refractivity contribution < 1.29 is 19.1 Å². The molecule has 3 amide bonds. The second-order valence-electron chi connectivity index (χ2n) is 7.51. The number of allylic oxidation sites excluding steroid dienone is 2. The number of hydrogen-bond acceptors (Lipinski definition) is 5. The predicted molar refractivity (Wildman–Crippen MR) is 105 cm³/mol. The van der Waals surface area contributed by atoms with Crippen molar-refractivity contribution in [2.75, 3.05) is 36.5 Å². The van der Waals surface area contributed by atoms with Crippen LogP contribution in [0.25, 0.3) is 0 Å². The number of nitrogens with one attached hydrogen (secondary N) is 1. The molecule has 0 unspecified atom stereocenters. The summed E-state index contributed by atoms with van der Waals surface area (Å²) in [6, 6.07) is 6.76. The van der Waals surface area contributed by atoms with Crippen molar-refractivity contribution in [2.24, 2.45) is 11.8 Å². The number of hydrogen-bond donors (Lipinski definition) is 1. The van der Waals surface area contributed by atoms with Gasteiger partial charge in [-0.15, -0.1) is 0 Å². The molecule has 2 fully saturated rings. The molecule has 0 aromatic heterocycles. The molecule has 0 saturated carbocycles. The van der Waals surface area contributed by atoms with Gasteiger partial charge in [0.15, 0.2) is 0 Å². The van der Waals surface area contributed by atoms with E-state index in [1.807, 2.05) is 36.4 Å². The number of anilines is 2. The first-order chi connectivity index (χ1) is 13.6. The number of likely N-dealkylation sites (tertiary alicyclic amines) is 1. The van der Waals surface area contributed by atoms with E-state index in [1.165, 1.54) is 0 Å². The highest BCUT2D eigenvalue weighted by molar-refractivity contribution is 6.10. The van der Waals surface area contributed by atoms with Gasteiger partial charge in [-0.25, -0.2) is 0 Å². The highest BCUT2D eigenvalue weighted by atomic mass is 16.5. The average Bonchev–Trinajstić information content (AvgIpc) is 2.99. The number of carbonyl (C=O) groups is 3. The lowest BCUT2D eigenvalue weighted by Crippen LogP contribution is -2.46. The lowest BCUT2D eigenvalue weighted by molar-refractivity contribution is -0.146. The van der Waals surface area contributed by atoms with Crippen LogP contribution in [-0.2, 0) is 19.1 Å². The van der Waals surface area contributed by atoms with Gasteiger partial charge in [0.05, 0.1) is 25.0 Å². The summed E-state index contributed by atoms with van der Waals surface area (Å²) in [5.41, 5.74) is 1.72. The maximum atomic E-state index is 12.7. The molecule has 2 heterocycles. The number of fused-ring (bicyclic) bond motifs is 1. The fourth-order valence-corrected chi connectivity index (χ4v) is 4.15. The SMILES string of the molecule is C[C@@H](C(=O)Nc1ccc(N2CCOCC2)cc1)N1C(=O)[C@H]2CC=CC[C@@H]2C1=O. The van der Waals surface area contributed by atoms with Crippen molar-refractivity contribution >= 4 is 29.1 Å². The molecule has 4 rings (SSSR count). The van der Waals surface area contributed by atoms with E-state index in [9.17, 15) is 14.4 Å². The highest BCUT2D eigenvalue weighted by Gasteiger charge is 2.50. The quantitative estimate of drug-likeness (QED) is 0.634. The smallest absolute Gasteiger partial charge is 0.247 e. The molecule has 7 nitrogen and oxygen atoms in total. The van der Waals surface area contributed by atoms with Crippen LogP contribution in [-0.4, -0.2) is 55.0 Å². The van der Waals surface area contributed by atoms with Gasteiger partial charge >= 0.3 is 0 Å². The fourth-order valence-electron chi connectivity index (χ4n) is 4.15. The van der Waals surface area contributed by atoms with Crippen molar-refractivity contribution in [1.29, 1.82) is 0 Å². The lowest BCUT2D eigenvalue weighted by atomic mass is 9.85. The molecule has 7 heteroatoms. The monoisotopic (exact) mass is 383 g/mol. The summed E-state index contributed by atoms with van der Waals surface area (Å²) in [4.78, 5) is 41.4. The summed E-state index contributed by atoms with van der Waals surface area (Å²) >= 11 is 0. The number of amides is 3. The van der Waals surface area contributed by atoms with Crippen molar-refractivity contribution in [1.82, 2.24) is 4.90 Å². The van der Waals surface area contributed by atoms with E-state index in [0.29, 0.717) is 31.7 Å². The Bertz CT molecular complexity index is 772. The van der Waals surface area contributed by atoms with E-state index < -0.39 is 6.04 Å². The van der Waals surface area contributed by atoms with Crippen LogP contribution in [0.4, 0.5) is 11.4 Å². The summed E-state index contributed by atoms with van der Waals surface area (Å²) in [7, 11) is 0. The first kappa shape index (κ1) is 18.7. The van der Waals surface area contributed by atoms with Gasteiger partial charge in [0, 0.05) is 24.5 Å². The molecule has 2 aliphatic heterocycles. The molecule has 1 aromatic rings. The van der Waals surface area contributed by atoms with E-state index in [2.05, 4.69) is 10.2 Å². The summed E-state index contributed by atoms with van der Waals surface area (Å²) in [5.74, 6) is -1.46. The number of rotatable bonds is 4. The Morgan fingerprint density at radius 1 is 1.04 bits per heavy atom. The van der Waals surface area contributed by atoms with Crippen LogP contribution in [0.1, 0.15) is 19.8 Å². The zero-order chi connectivity index (χ0) is 19.7. The Balaban J connectivity index is 1.40.